The number of nitrogens with one attached hydrogen (secondary N) is 1. The number of anilines is 2. The number of fused-ring (bicyclic) bond motifs is 1. The van der Waals surface area contributed by atoms with Crippen LogP contribution in [-0.2, 0) is 0 Å². The van der Waals surface area contributed by atoms with E-state index >= 15 is 0 Å². The van der Waals surface area contributed by atoms with Crippen LogP contribution >= 0.6 is 11.6 Å². The number of hydrogen-bond acceptors (Lipinski definition) is 3. The fourth-order valence-electron chi connectivity index (χ4n) is 1.48. The van der Waals surface area contributed by atoms with Crippen LogP contribution in [0.15, 0.2) is 18.3 Å². The molecule has 0 aliphatic rings. The number of nitrogens with two attached hydrogens (primary N) is 1. The predicted molar refractivity (Wildman–Crippen MR) is 60.7 cm³/mol. The normalized spacial score (nSPS) is 10.6. The third-order valence-electron chi connectivity index (χ3n) is 2.19. The van der Waals surface area contributed by atoms with E-state index in [4.69, 9.17) is 17.3 Å². The first-order valence-electron chi connectivity index (χ1n) is 4.34. The summed E-state index contributed by atoms with van der Waals surface area (Å²) in [5, 5.41) is 3.71. The number of halogens is 2. The monoisotopic (exact) mass is 225 g/mol. The predicted octanol–water partition coefficient (Wildman–Crippen LogP) is 2.65. The van der Waals surface area contributed by atoms with Crippen molar-refractivity contribution in [3.05, 3.63) is 29.2 Å². The summed E-state index contributed by atoms with van der Waals surface area (Å²) >= 11 is 5.70. The van der Waals surface area contributed by atoms with E-state index in [0.29, 0.717) is 22.3 Å². The van der Waals surface area contributed by atoms with Crippen molar-refractivity contribution >= 4 is 33.9 Å². The number of aromatic nitrogens is 1. The van der Waals surface area contributed by atoms with Crippen molar-refractivity contribution in [1.29, 1.82) is 0 Å². The van der Waals surface area contributed by atoms with E-state index < -0.39 is 5.82 Å². The lowest BCUT2D eigenvalue weighted by atomic mass is 10.1. The topological polar surface area (TPSA) is 50.9 Å². The summed E-state index contributed by atoms with van der Waals surface area (Å²) in [7, 11) is 1.74. The molecule has 3 N–H and O–H groups in total. The summed E-state index contributed by atoms with van der Waals surface area (Å²) in [4.78, 5) is 4.03. The van der Waals surface area contributed by atoms with E-state index in [2.05, 4.69) is 10.3 Å². The highest BCUT2D eigenvalue weighted by Gasteiger charge is 2.08. The van der Waals surface area contributed by atoms with Gasteiger partial charge in [-0.3, -0.25) is 4.98 Å². The number of nitrogens with zero attached hydrogens (tertiary/aromatic N) is 1. The van der Waals surface area contributed by atoms with Crippen molar-refractivity contribution in [3.8, 4) is 0 Å². The molecule has 15 heavy (non-hydrogen) atoms. The first-order chi connectivity index (χ1) is 7.13. The molecular weight excluding hydrogens is 217 g/mol. The average Bonchev–Trinajstić information content (AvgIpc) is 2.21. The van der Waals surface area contributed by atoms with Crippen LogP contribution in [0.25, 0.3) is 10.9 Å². The highest BCUT2D eigenvalue weighted by Crippen LogP contribution is 2.30. The van der Waals surface area contributed by atoms with E-state index in [1.807, 2.05) is 0 Å². The molecule has 0 saturated carbocycles. The number of nitrogen functional groups attached to an aromatic ring is 1. The Labute approximate surface area is 91.1 Å². The molecule has 5 heteroatoms. The van der Waals surface area contributed by atoms with Gasteiger partial charge >= 0.3 is 0 Å². The standard InChI is InChI=1S/C10H9ClFN3/c1-14-10-5-2-6(11)7(12)3-9(5)15-4-8(10)13/h2-4H,13H2,1H3,(H,14,15). The summed E-state index contributed by atoms with van der Waals surface area (Å²) in [6.45, 7) is 0. The van der Waals surface area contributed by atoms with Gasteiger partial charge in [0, 0.05) is 18.5 Å². The van der Waals surface area contributed by atoms with E-state index in [1.54, 1.807) is 7.05 Å². The van der Waals surface area contributed by atoms with Crippen molar-refractivity contribution in [3.63, 3.8) is 0 Å². The van der Waals surface area contributed by atoms with Gasteiger partial charge in [-0.1, -0.05) is 11.6 Å². The fraction of sp³-hybridized carbons (Fsp3) is 0.100. The van der Waals surface area contributed by atoms with E-state index in [1.165, 1.54) is 18.3 Å². The van der Waals surface area contributed by atoms with Gasteiger partial charge in [-0.2, -0.15) is 0 Å². The summed E-state index contributed by atoms with van der Waals surface area (Å²) in [5.74, 6) is -0.483. The zero-order valence-corrected chi connectivity index (χ0v) is 8.77. The van der Waals surface area contributed by atoms with Crippen LogP contribution in [0, 0.1) is 5.82 Å². The minimum absolute atomic E-state index is 0.0615. The molecule has 1 aromatic carbocycles. The molecule has 0 bridgehead atoms. The maximum atomic E-state index is 13.2. The second-order valence-corrected chi connectivity index (χ2v) is 3.53. The van der Waals surface area contributed by atoms with Gasteiger partial charge in [0.25, 0.3) is 0 Å². The van der Waals surface area contributed by atoms with E-state index in [-0.39, 0.29) is 5.02 Å². The van der Waals surface area contributed by atoms with Crippen LogP contribution in [0.4, 0.5) is 15.8 Å². The number of hydrogen-bond donors (Lipinski definition) is 2. The zero-order valence-electron chi connectivity index (χ0n) is 8.01. The van der Waals surface area contributed by atoms with Gasteiger partial charge in [0.15, 0.2) is 0 Å². The molecule has 0 radical (unpaired) electrons. The Morgan fingerprint density at radius 1 is 1.47 bits per heavy atom. The van der Waals surface area contributed by atoms with Crippen LogP contribution in [0.2, 0.25) is 5.02 Å². The second kappa shape index (κ2) is 3.55. The molecule has 2 rings (SSSR count). The molecule has 1 heterocycles. The third kappa shape index (κ3) is 1.57. The van der Waals surface area contributed by atoms with Crippen molar-refractivity contribution in [1.82, 2.24) is 4.98 Å². The Hall–Kier alpha value is -1.55. The lowest BCUT2D eigenvalue weighted by Gasteiger charge is -2.09. The lowest BCUT2D eigenvalue weighted by molar-refractivity contribution is 0.630. The molecule has 0 saturated heterocycles. The molecule has 0 fully saturated rings. The van der Waals surface area contributed by atoms with E-state index in [0.717, 1.165) is 0 Å². The number of pyridine rings is 1. The quantitative estimate of drug-likeness (QED) is 0.785. The summed E-state index contributed by atoms with van der Waals surface area (Å²) in [6, 6.07) is 2.80. The molecule has 0 aliphatic heterocycles. The Morgan fingerprint density at radius 2 is 2.20 bits per heavy atom. The van der Waals surface area contributed by atoms with Crippen LogP contribution in [-0.4, -0.2) is 12.0 Å². The van der Waals surface area contributed by atoms with Gasteiger partial charge in [0.2, 0.25) is 0 Å². The molecule has 0 aliphatic carbocycles. The van der Waals surface area contributed by atoms with Gasteiger partial charge in [-0.25, -0.2) is 4.39 Å². The van der Waals surface area contributed by atoms with Gasteiger partial charge in [-0.15, -0.1) is 0 Å². The maximum absolute atomic E-state index is 13.2. The number of rotatable bonds is 1. The molecule has 78 valence electrons. The molecular formula is C10H9ClFN3. The van der Waals surface area contributed by atoms with Gasteiger partial charge < -0.3 is 11.1 Å². The van der Waals surface area contributed by atoms with Crippen molar-refractivity contribution in [2.45, 2.75) is 0 Å². The highest BCUT2D eigenvalue weighted by atomic mass is 35.5. The van der Waals surface area contributed by atoms with Gasteiger partial charge in [-0.05, 0) is 6.07 Å². The van der Waals surface area contributed by atoms with Crippen LogP contribution in [0.5, 0.6) is 0 Å². The molecule has 0 atom stereocenters. The zero-order chi connectivity index (χ0) is 11.0. The third-order valence-corrected chi connectivity index (χ3v) is 2.48. The summed E-state index contributed by atoms with van der Waals surface area (Å²) in [5.41, 5.74) is 7.46. The smallest absolute Gasteiger partial charge is 0.143 e. The van der Waals surface area contributed by atoms with Crippen molar-refractivity contribution in [2.24, 2.45) is 0 Å². The van der Waals surface area contributed by atoms with Crippen LogP contribution in [0.3, 0.4) is 0 Å². The number of benzene rings is 1. The highest BCUT2D eigenvalue weighted by molar-refractivity contribution is 6.31. The van der Waals surface area contributed by atoms with Crippen LogP contribution in [0.1, 0.15) is 0 Å². The van der Waals surface area contributed by atoms with Crippen molar-refractivity contribution < 1.29 is 4.39 Å². The molecule has 0 amide bonds. The van der Waals surface area contributed by atoms with E-state index in [9.17, 15) is 4.39 Å². The summed E-state index contributed by atoms with van der Waals surface area (Å²) < 4.78 is 13.2. The SMILES string of the molecule is CNc1c(N)cnc2cc(F)c(Cl)cc12. The Bertz CT molecular complexity index is 528. The molecule has 2 aromatic rings. The second-order valence-electron chi connectivity index (χ2n) is 3.12. The lowest BCUT2D eigenvalue weighted by Crippen LogP contribution is -1.98. The minimum Gasteiger partial charge on any atom is -0.396 e. The molecule has 1 aromatic heterocycles. The molecule has 3 nitrogen and oxygen atoms in total. The Balaban J connectivity index is 2.86. The fourth-order valence-corrected chi connectivity index (χ4v) is 1.65. The first kappa shape index (κ1) is 9.98. The average molecular weight is 226 g/mol. The van der Waals surface area contributed by atoms with Crippen molar-refractivity contribution in [2.75, 3.05) is 18.1 Å². The largest absolute Gasteiger partial charge is 0.396 e. The first-order valence-corrected chi connectivity index (χ1v) is 4.72. The summed E-state index contributed by atoms with van der Waals surface area (Å²) in [6.07, 6.45) is 1.49. The van der Waals surface area contributed by atoms with Crippen LogP contribution < -0.4 is 11.1 Å². The minimum atomic E-state index is -0.483. The molecule has 0 unspecified atom stereocenters. The van der Waals surface area contributed by atoms with Gasteiger partial charge in [0.1, 0.15) is 5.82 Å². The Morgan fingerprint density at radius 3 is 2.87 bits per heavy atom. The Kier molecular flexibility index (Phi) is 2.36. The molecule has 0 spiro atoms. The maximum Gasteiger partial charge on any atom is 0.143 e. The van der Waals surface area contributed by atoms with Gasteiger partial charge in [0.05, 0.1) is 28.1 Å².